The molecule has 1 aromatic carbocycles. The van der Waals surface area contributed by atoms with Crippen molar-refractivity contribution in [2.24, 2.45) is 0 Å². The molecule has 1 unspecified atom stereocenters. The maximum Gasteiger partial charge on any atom is 0.234 e. The van der Waals surface area contributed by atoms with Crippen molar-refractivity contribution in [2.45, 2.75) is 13.2 Å². The van der Waals surface area contributed by atoms with E-state index in [-0.39, 0.29) is 20.2 Å². The zero-order valence-corrected chi connectivity index (χ0v) is 15.5. The van der Waals surface area contributed by atoms with Crippen LogP contribution in [0.25, 0.3) is 11.4 Å². The number of hydrogen-bond acceptors (Lipinski definition) is 9. The monoisotopic (exact) mass is 363 g/mol. The number of benzene rings is 1. The Hall–Kier alpha value is -2.33. The van der Waals surface area contributed by atoms with E-state index in [1.165, 1.54) is 12.0 Å². The van der Waals surface area contributed by atoms with E-state index >= 15 is 0 Å². The highest BCUT2D eigenvalue weighted by Crippen LogP contribution is 2.22. The van der Waals surface area contributed by atoms with Gasteiger partial charge < -0.3 is 19.3 Å². The summed E-state index contributed by atoms with van der Waals surface area (Å²) in [7, 11) is 4.70. The largest absolute Gasteiger partial charge is 0.374 e. The molecule has 0 amide bonds. The molecule has 9 heteroatoms. The summed E-state index contributed by atoms with van der Waals surface area (Å²) in [4.78, 5) is 16.7. The molecule has 0 aliphatic carbocycles. The summed E-state index contributed by atoms with van der Waals surface area (Å²) in [5.74, 6) is 1.15. The molecule has 1 N–H and O–H groups in total. The second-order valence-corrected chi connectivity index (χ2v) is 5.52. The first-order valence-electron chi connectivity index (χ1n) is 8.08. The van der Waals surface area contributed by atoms with Crippen LogP contribution in [0.2, 0.25) is 0 Å². The molecule has 0 spiro atoms. The van der Waals surface area contributed by atoms with E-state index in [4.69, 9.17) is 14.2 Å². The molecule has 142 valence electrons. The van der Waals surface area contributed by atoms with Gasteiger partial charge in [-0.3, -0.25) is 9.80 Å². The normalized spacial score (nSPS) is 12.0. The third kappa shape index (κ3) is 5.09. The Kier molecular flexibility index (Phi) is 7.67. The van der Waals surface area contributed by atoms with E-state index in [9.17, 15) is 5.11 Å². The summed E-state index contributed by atoms with van der Waals surface area (Å²) < 4.78 is 15.6. The molecule has 2 rings (SSSR count). The fraction of sp³-hybridized carbons (Fsp3) is 0.471. The highest BCUT2D eigenvalue weighted by molar-refractivity contribution is 5.58. The maximum atomic E-state index is 10.1. The van der Waals surface area contributed by atoms with Crippen LogP contribution in [-0.2, 0) is 14.2 Å². The minimum absolute atomic E-state index is 0.129. The first-order chi connectivity index (χ1) is 12.6. The van der Waals surface area contributed by atoms with E-state index in [0.29, 0.717) is 17.7 Å². The first kappa shape index (κ1) is 20.0. The summed E-state index contributed by atoms with van der Waals surface area (Å²) in [5.41, 5.74) is 0.829. The van der Waals surface area contributed by atoms with Crippen LogP contribution >= 0.6 is 0 Å². The van der Waals surface area contributed by atoms with Crippen LogP contribution in [0.3, 0.4) is 0 Å². The molecule has 0 fully saturated rings. The number of ether oxygens (including phenoxy) is 3. The Morgan fingerprint density at radius 2 is 1.46 bits per heavy atom. The standard InChI is InChI=1S/C17H25N5O4/c1-13(23)22(12-26-4)17-19-15(14-8-6-5-7-9-14)18-16(20-17)21(10-24-2)11-25-3/h5-9,13,23H,10-12H2,1-4H3. The van der Waals surface area contributed by atoms with Crippen molar-refractivity contribution in [3.63, 3.8) is 0 Å². The Bertz CT molecular complexity index is 665. The lowest BCUT2D eigenvalue weighted by molar-refractivity contribution is 0.121. The summed E-state index contributed by atoms with van der Waals surface area (Å²) in [5, 5.41) is 10.1. The van der Waals surface area contributed by atoms with Gasteiger partial charge in [-0.25, -0.2) is 0 Å². The van der Waals surface area contributed by atoms with Gasteiger partial charge >= 0.3 is 0 Å². The van der Waals surface area contributed by atoms with E-state index in [2.05, 4.69) is 15.0 Å². The molecule has 9 nitrogen and oxygen atoms in total. The zero-order chi connectivity index (χ0) is 18.9. The van der Waals surface area contributed by atoms with Gasteiger partial charge in [0, 0.05) is 26.9 Å². The van der Waals surface area contributed by atoms with E-state index in [1.807, 2.05) is 30.3 Å². The Morgan fingerprint density at radius 3 is 2.00 bits per heavy atom. The molecule has 0 saturated carbocycles. The van der Waals surface area contributed by atoms with Gasteiger partial charge in [0.25, 0.3) is 0 Å². The third-order valence-corrected chi connectivity index (χ3v) is 3.47. The molecule has 1 aromatic heterocycles. The lowest BCUT2D eigenvalue weighted by Gasteiger charge is -2.27. The number of aliphatic hydroxyl groups excluding tert-OH is 1. The topological polar surface area (TPSA) is 93.1 Å². The molecule has 0 saturated heterocycles. The SMILES string of the molecule is COCN(COC)c1nc(-c2ccccc2)nc(N(COC)C(C)O)n1. The summed E-state index contributed by atoms with van der Waals surface area (Å²) in [6, 6.07) is 9.54. The average Bonchev–Trinajstić information content (AvgIpc) is 2.66. The lowest BCUT2D eigenvalue weighted by Crippen LogP contribution is -2.37. The lowest BCUT2D eigenvalue weighted by atomic mass is 10.2. The van der Waals surface area contributed by atoms with Crippen LogP contribution in [0, 0.1) is 0 Å². The van der Waals surface area contributed by atoms with E-state index in [1.54, 1.807) is 26.0 Å². The predicted octanol–water partition coefficient (Wildman–Crippen LogP) is 1.30. The number of aliphatic hydroxyl groups is 1. The fourth-order valence-corrected chi connectivity index (χ4v) is 2.28. The highest BCUT2D eigenvalue weighted by atomic mass is 16.5. The van der Waals surface area contributed by atoms with Gasteiger partial charge in [-0.1, -0.05) is 30.3 Å². The van der Waals surface area contributed by atoms with Crippen LogP contribution in [-0.4, -0.2) is 67.8 Å². The van der Waals surface area contributed by atoms with Gasteiger partial charge in [0.05, 0.1) is 0 Å². The minimum Gasteiger partial charge on any atom is -0.374 e. The van der Waals surface area contributed by atoms with Crippen LogP contribution in [0.1, 0.15) is 6.92 Å². The van der Waals surface area contributed by atoms with Crippen LogP contribution < -0.4 is 9.80 Å². The van der Waals surface area contributed by atoms with Gasteiger partial charge in [0.1, 0.15) is 26.4 Å². The van der Waals surface area contributed by atoms with Crippen molar-refractivity contribution in [1.29, 1.82) is 0 Å². The molecular weight excluding hydrogens is 338 g/mol. The predicted molar refractivity (Wildman–Crippen MR) is 97.5 cm³/mol. The molecule has 2 aromatic rings. The Labute approximate surface area is 153 Å². The quantitative estimate of drug-likeness (QED) is 0.627. The highest BCUT2D eigenvalue weighted by Gasteiger charge is 2.20. The molecule has 0 aliphatic heterocycles. The third-order valence-electron chi connectivity index (χ3n) is 3.47. The van der Waals surface area contributed by atoms with Gasteiger partial charge in [-0.2, -0.15) is 15.0 Å². The van der Waals surface area contributed by atoms with Crippen LogP contribution in [0.4, 0.5) is 11.9 Å². The smallest absolute Gasteiger partial charge is 0.234 e. The van der Waals surface area contributed by atoms with Gasteiger partial charge in [0.2, 0.25) is 11.9 Å². The Morgan fingerprint density at radius 1 is 0.885 bits per heavy atom. The van der Waals surface area contributed by atoms with Crippen molar-refractivity contribution in [1.82, 2.24) is 15.0 Å². The molecular formula is C17H25N5O4. The number of anilines is 2. The van der Waals surface area contributed by atoms with Crippen molar-refractivity contribution in [3.8, 4) is 11.4 Å². The maximum absolute atomic E-state index is 10.1. The summed E-state index contributed by atoms with van der Waals surface area (Å²) >= 11 is 0. The van der Waals surface area contributed by atoms with Gasteiger partial charge in [-0.05, 0) is 6.92 Å². The van der Waals surface area contributed by atoms with E-state index in [0.717, 1.165) is 5.56 Å². The number of aromatic nitrogens is 3. The summed E-state index contributed by atoms with van der Waals surface area (Å²) in [6.45, 7) is 2.23. The second-order valence-electron chi connectivity index (χ2n) is 5.52. The number of nitrogens with zero attached hydrogens (tertiary/aromatic N) is 5. The summed E-state index contributed by atoms with van der Waals surface area (Å²) in [6.07, 6.45) is -0.841. The number of rotatable bonds is 10. The van der Waals surface area contributed by atoms with Crippen molar-refractivity contribution < 1.29 is 19.3 Å². The number of methoxy groups -OCH3 is 3. The first-order valence-corrected chi connectivity index (χ1v) is 8.08. The van der Waals surface area contributed by atoms with Crippen molar-refractivity contribution >= 4 is 11.9 Å². The minimum atomic E-state index is -0.841. The molecule has 26 heavy (non-hydrogen) atoms. The van der Waals surface area contributed by atoms with Crippen molar-refractivity contribution in [3.05, 3.63) is 30.3 Å². The molecule has 0 aliphatic rings. The average molecular weight is 363 g/mol. The van der Waals surface area contributed by atoms with Gasteiger partial charge in [0.15, 0.2) is 5.82 Å². The molecule has 1 heterocycles. The number of hydrogen-bond donors (Lipinski definition) is 1. The Balaban J connectivity index is 2.54. The molecule has 1 atom stereocenters. The van der Waals surface area contributed by atoms with Crippen LogP contribution in [0.5, 0.6) is 0 Å². The molecule has 0 radical (unpaired) electrons. The zero-order valence-electron chi connectivity index (χ0n) is 15.5. The van der Waals surface area contributed by atoms with Crippen molar-refractivity contribution in [2.75, 3.05) is 51.3 Å². The van der Waals surface area contributed by atoms with Gasteiger partial charge in [-0.15, -0.1) is 0 Å². The van der Waals surface area contributed by atoms with E-state index < -0.39 is 6.23 Å². The molecule has 0 bridgehead atoms. The van der Waals surface area contributed by atoms with Crippen LogP contribution in [0.15, 0.2) is 30.3 Å². The second kappa shape index (κ2) is 9.97. The fourth-order valence-electron chi connectivity index (χ4n) is 2.28.